The van der Waals surface area contributed by atoms with E-state index in [-0.39, 0.29) is 17.4 Å². The quantitative estimate of drug-likeness (QED) is 0.412. The molecule has 1 aliphatic rings. The van der Waals surface area contributed by atoms with Crippen molar-refractivity contribution in [3.63, 3.8) is 0 Å². The van der Waals surface area contributed by atoms with Crippen LogP contribution < -0.4 is 5.32 Å². The van der Waals surface area contributed by atoms with Gasteiger partial charge in [0.15, 0.2) is 0 Å². The number of halogens is 1. The molecule has 3 aromatic carbocycles. The highest BCUT2D eigenvalue weighted by Crippen LogP contribution is 2.49. The van der Waals surface area contributed by atoms with Crippen molar-refractivity contribution in [3.05, 3.63) is 95.8 Å². The summed E-state index contributed by atoms with van der Waals surface area (Å²) in [5.41, 5.74) is 1.38. The number of benzene rings is 3. The van der Waals surface area contributed by atoms with Crippen molar-refractivity contribution < 1.29 is 27.1 Å². The lowest BCUT2D eigenvalue weighted by Gasteiger charge is -2.22. The second-order valence-electron chi connectivity index (χ2n) is 8.64. The highest BCUT2D eigenvalue weighted by atomic mass is 32.2. The van der Waals surface area contributed by atoms with Gasteiger partial charge in [-0.3, -0.25) is 9.59 Å². The number of nitrogens with one attached hydrogen (secondary N) is 1. The summed E-state index contributed by atoms with van der Waals surface area (Å²) in [7, 11) is -4.08. The molecular formula is C27H27FN2O5S. The third-order valence-corrected chi connectivity index (χ3v) is 7.92. The summed E-state index contributed by atoms with van der Waals surface area (Å²) < 4.78 is 46.2. The molecule has 3 aromatic rings. The monoisotopic (exact) mass is 510 g/mol. The van der Waals surface area contributed by atoms with Crippen LogP contribution in [0.1, 0.15) is 30.9 Å². The van der Waals surface area contributed by atoms with E-state index >= 15 is 0 Å². The largest absolute Gasteiger partial charge is 0.465 e. The lowest BCUT2D eigenvalue weighted by molar-refractivity contribution is -0.146. The summed E-state index contributed by atoms with van der Waals surface area (Å²) in [6.45, 7) is 1.61. The van der Waals surface area contributed by atoms with Crippen molar-refractivity contribution in [2.45, 2.75) is 36.6 Å². The molecule has 1 saturated carbocycles. The third-order valence-electron chi connectivity index (χ3n) is 6.11. The molecular weight excluding hydrogens is 483 g/mol. The van der Waals surface area contributed by atoms with Crippen LogP contribution in [-0.4, -0.2) is 37.8 Å². The van der Waals surface area contributed by atoms with E-state index in [0.29, 0.717) is 30.7 Å². The first kappa shape index (κ1) is 25.5. The Hall–Kier alpha value is -3.56. The fourth-order valence-electron chi connectivity index (χ4n) is 4.01. The van der Waals surface area contributed by atoms with Gasteiger partial charge < -0.3 is 10.1 Å². The summed E-state index contributed by atoms with van der Waals surface area (Å²) in [5.74, 6) is -1.33. The molecule has 0 heterocycles. The fourth-order valence-corrected chi connectivity index (χ4v) is 5.39. The van der Waals surface area contributed by atoms with E-state index in [4.69, 9.17) is 4.74 Å². The third kappa shape index (κ3) is 5.63. The molecule has 0 aromatic heterocycles. The summed E-state index contributed by atoms with van der Waals surface area (Å²) in [6, 6.07) is 20.3. The highest BCUT2D eigenvalue weighted by molar-refractivity contribution is 7.89. The van der Waals surface area contributed by atoms with Crippen LogP contribution in [0.15, 0.2) is 83.8 Å². The zero-order valence-electron chi connectivity index (χ0n) is 19.8. The molecule has 0 bridgehead atoms. The number of esters is 1. The van der Waals surface area contributed by atoms with Crippen LogP contribution in [0.25, 0.3) is 0 Å². The molecule has 1 aliphatic carbocycles. The fraction of sp³-hybridized carbons (Fsp3) is 0.259. The average molecular weight is 511 g/mol. The minimum atomic E-state index is -4.08. The second-order valence-corrected chi connectivity index (χ2v) is 10.6. The molecule has 188 valence electrons. The predicted molar refractivity (Wildman–Crippen MR) is 133 cm³/mol. The predicted octanol–water partition coefficient (Wildman–Crippen LogP) is 4.25. The van der Waals surface area contributed by atoms with E-state index in [0.717, 1.165) is 22.0 Å². The van der Waals surface area contributed by atoms with E-state index in [2.05, 4.69) is 5.32 Å². The van der Waals surface area contributed by atoms with Crippen LogP contribution >= 0.6 is 0 Å². The van der Waals surface area contributed by atoms with Crippen molar-refractivity contribution in [1.29, 1.82) is 0 Å². The molecule has 4 rings (SSSR count). The van der Waals surface area contributed by atoms with Crippen molar-refractivity contribution in [2.75, 3.05) is 18.5 Å². The van der Waals surface area contributed by atoms with Crippen LogP contribution in [0.2, 0.25) is 0 Å². The molecule has 0 unspecified atom stereocenters. The second kappa shape index (κ2) is 10.6. The van der Waals surface area contributed by atoms with Gasteiger partial charge in [0.2, 0.25) is 15.9 Å². The Morgan fingerprint density at radius 2 is 1.61 bits per heavy atom. The number of rotatable bonds is 10. The van der Waals surface area contributed by atoms with Crippen LogP contribution in [-0.2, 0) is 36.3 Å². The Morgan fingerprint density at radius 3 is 2.19 bits per heavy atom. The normalized spacial score (nSPS) is 14.3. The number of ether oxygens (including phenoxy) is 1. The number of carbonyl (C=O) groups excluding carboxylic acids is 2. The number of nitrogens with zero attached hydrogens (tertiary/aromatic N) is 1. The Labute approximate surface area is 209 Å². The smallest absolute Gasteiger partial charge is 0.316 e. The van der Waals surface area contributed by atoms with Gasteiger partial charge >= 0.3 is 5.97 Å². The van der Waals surface area contributed by atoms with E-state index < -0.39 is 33.7 Å². The Kier molecular flexibility index (Phi) is 7.51. The number of carbonyl (C=O) groups is 2. The topological polar surface area (TPSA) is 92.8 Å². The maximum Gasteiger partial charge on any atom is 0.316 e. The number of sulfonamides is 1. The molecule has 0 atom stereocenters. The van der Waals surface area contributed by atoms with Gasteiger partial charge in [-0.05, 0) is 67.3 Å². The average Bonchev–Trinajstić information content (AvgIpc) is 3.67. The summed E-state index contributed by atoms with van der Waals surface area (Å²) in [4.78, 5) is 25.1. The Morgan fingerprint density at radius 1 is 0.972 bits per heavy atom. The van der Waals surface area contributed by atoms with Crippen LogP contribution in [0.3, 0.4) is 0 Å². The Balaban J connectivity index is 1.50. The van der Waals surface area contributed by atoms with Gasteiger partial charge in [0.25, 0.3) is 0 Å². The number of hydrogen-bond donors (Lipinski definition) is 1. The standard InChI is InChI=1S/C27H27FN2O5S/c1-2-35-26(32)27(16-17-27)21-8-12-23(13-9-21)29-25(31)19-30(18-20-6-4-3-5-7-20)36(33,34)24-14-10-22(28)11-15-24/h3-15H,2,16-19H2,1H3,(H,29,31). The van der Waals surface area contributed by atoms with Crippen molar-refractivity contribution in [2.24, 2.45) is 0 Å². The number of hydrogen-bond acceptors (Lipinski definition) is 5. The highest BCUT2D eigenvalue weighted by Gasteiger charge is 2.52. The van der Waals surface area contributed by atoms with E-state index in [1.54, 1.807) is 55.5 Å². The molecule has 1 fully saturated rings. The summed E-state index contributed by atoms with van der Waals surface area (Å²) >= 11 is 0. The van der Waals surface area contributed by atoms with E-state index in [9.17, 15) is 22.4 Å². The molecule has 7 nitrogen and oxygen atoms in total. The molecule has 0 saturated heterocycles. The van der Waals surface area contributed by atoms with Crippen molar-refractivity contribution >= 4 is 27.6 Å². The van der Waals surface area contributed by atoms with Crippen molar-refractivity contribution in [1.82, 2.24) is 4.31 Å². The zero-order valence-corrected chi connectivity index (χ0v) is 20.6. The van der Waals surface area contributed by atoms with Crippen molar-refractivity contribution in [3.8, 4) is 0 Å². The van der Waals surface area contributed by atoms with Gasteiger partial charge in [-0.2, -0.15) is 4.31 Å². The van der Waals surface area contributed by atoms with Gasteiger partial charge in [-0.25, -0.2) is 12.8 Å². The van der Waals surface area contributed by atoms with Gasteiger partial charge in [0.05, 0.1) is 23.5 Å². The molecule has 1 amide bonds. The maximum atomic E-state index is 13.4. The lowest BCUT2D eigenvalue weighted by atomic mass is 9.96. The van der Waals surface area contributed by atoms with Gasteiger partial charge in [-0.15, -0.1) is 0 Å². The van der Waals surface area contributed by atoms with Crippen LogP contribution in [0.5, 0.6) is 0 Å². The minimum Gasteiger partial charge on any atom is -0.465 e. The molecule has 0 spiro atoms. The van der Waals surface area contributed by atoms with E-state index in [1.165, 1.54) is 12.1 Å². The van der Waals surface area contributed by atoms with Gasteiger partial charge in [0.1, 0.15) is 5.82 Å². The first-order valence-electron chi connectivity index (χ1n) is 11.6. The molecule has 0 aliphatic heterocycles. The first-order valence-corrected chi connectivity index (χ1v) is 13.1. The number of amides is 1. The van der Waals surface area contributed by atoms with Gasteiger partial charge in [-0.1, -0.05) is 42.5 Å². The molecule has 9 heteroatoms. The maximum absolute atomic E-state index is 13.4. The van der Waals surface area contributed by atoms with E-state index in [1.807, 2.05) is 6.07 Å². The molecule has 36 heavy (non-hydrogen) atoms. The van der Waals surface area contributed by atoms with Crippen LogP contribution in [0.4, 0.5) is 10.1 Å². The lowest BCUT2D eigenvalue weighted by Crippen LogP contribution is -2.37. The minimum absolute atomic E-state index is 0.0328. The molecule has 1 N–H and O–H groups in total. The van der Waals surface area contributed by atoms with Crippen LogP contribution in [0, 0.1) is 5.82 Å². The zero-order chi connectivity index (χ0) is 25.8. The first-order chi connectivity index (χ1) is 17.2. The molecule has 0 radical (unpaired) electrons. The summed E-state index contributed by atoms with van der Waals surface area (Å²) in [6.07, 6.45) is 1.43. The Bertz CT molecular complexity index is 1320. The SMILES string of the molecule is CCOC(=O)C1(c2ccc(NC(=O)CN(Cc3ccccc3)S(=O)(=O)c3ccc(F)cc3)cc2)CC1. The van der Waals surface area contributed by atoms with Gasteiger partial charge in [0, 0.05) is 12.2 Å². The number of anilines is 1. The summed E-state index contributed by atoms with van der Waals surface area (Å²) in [5, 5.41) is 2.72.